The van der Waals surface area contributed by atoms with E-state index < -0.39 is 13.9 Å². The average molecular weight is 184 g/mol. The summed E-state index contributed by atoms with van der Waals surface area (Å²) in [5.41, 5.74) is 0. The Hall–Kier alpha value is -0.220. The Bertz CT molecular complexity index is 129. The van der Waals surface area contributed by atoms with Gasteiger partial charge in [0.1, 0.15) is 0 Å². The first-order chi connectivity index (χ1) is 4.92. The van der Waals surface area contributed by atoms with Crippen LogP contribution in [0.2, 0.25) is 0 Å². The quantitative estimate of drug-likeness (QED) is 0.355. The predicted octanol–water partition coefficient (Wildman–Crippen LogP) is -0.325. The summed E-state index contributed by atoms with van der Waals surface area (Å²) >= 11 is 0. The van der Waals surface area contributed by atoms with Crippen LogP contribution in [0.1, 0.15) is 6.92 Å². The second-order valence-corrected chi connectivity index (χ2v) is 4.28. The van der Waals surface area contributed by atoms with Crippen LogP contribution >= 0.6 is 7.94 Å². The summed E-state index contributed by atoms with van der Waals surface area (Å²) in [6.07, 6.45) is 0. The second-order valence-electron chi connectivity index (χ2n) is 2.12. The van der Waals surface area contributed by atoms with Crippen LogP contribution in [0.25, 0.3) is 0 Å². The molecule has 2 N–H and O–H groups in total. The van der Waals surface area contributed by atoms with Gasteiger partial charge in [-0.2, -0.15) is 0 Å². The first-order valence-corrected chi connectivity index (χ1v) is 5.44. The van der Waals surface area contributed by atoms with Crippen molar-refractivity contribution in [1.82, 2.24) is 0 Å². The zero-order valence-corrected chi connectivity index (χ0v) is 7.53. The molecule has 0 radical (unpaired) electrons. The van der Waals surface area contributed by atoms with Crippen LogP contribution in [0.3, 0.4) is 0 Å². The van der Waals surface area contributed by atoms with Crippen LogP contribution in [-0.4, -0.2) is 35.6 Å². The third kappa shape index (κ3) is 9.78. The maximum absolute atomic E-state index is 10.2. The summed E-state index contributed by atoms with van der Waals surface area (Å²) in [6.45, 7) is 2.56. The van der Waals surface area contributed by atoms with Gasteiger partial charge in [-0.1, -0.05) is 0 Å². The molecule has 0 atom stereocenters. The van der Waals surface area contributed by atoms with Gasteiger partial charge in [-0.05, 0) is 0 Å². The third-order valence-electron chi connectivity index (χ3n) is 0.764. The van der Waals surface area contributed by atoms with E-state index in [0.717, 1.165) is 0 Å². The summed E-state index contributed by atoms with van der Waals surface area (Å²) in [5, 5.41) is 0. The molecule has 0 unspecified atom stereocenters. The van der Waals surface area contributed by atoms with Gasteiger partial charge >= 0.3 is 64.6 Å². The molecular formula is C5H13O5P. The molecule has 5 nitrogen and oxygen atoms in total. The van der Waals surface area contributed by atoms with Gasteiger partial charge in [0.25, 0.3) is 0 Å². The molecule has 0 aromatic rings. The molecule has 11 heavy (non-hydrogen) atoms. The molecule has 0 amide bonds. The van der Waals surface area contributed by atoms with Gasteiger partial charge in [0.2, 0.25) is 0 Å². The normalized spacial score (nSPS) is 12.7. The molecule has 0 aliphatic carbocycles. The van der Waals surface area contributed by atoms with Crippen molar-refractivity contribution in [3.8, 4) is 0 Å². The van der Waals surface area contributed by atoms with Gasteiger partial charge in [0.15, 0.2) is 0 Å². The molecule has 0 aliphatic rings. The second kappa shape index (κ2) is 4.62. The molecule has 0 bridgehead atoms. The molecule has 0 fully saturated rings. The predicted molar refractivity (Wildman–Crippen MR) is 41.3 cm³/mol. The Morgan fingerprint density at radius 1 is 1.45 bits per heavy atom. The number of hydrogen-bond donors (Lipinski definition) is 2. The average Bonchev–Trinajstić information content (AvgIpc) is 1.78. The van der Waals surface area contributed by atoms with E-state index in [1.807, 2.05) is 0 Å². The van der Waals surface area contributed by atoms with Gasteiger partial charge in [-0.25, -0.2) is 0 Å². The minimum absolute atomic E-state index is 0.0231. The van der Waals surface area contributed by atoms with Crippen molar-refractivity contribution in [2.45, 2.75) is 6.92 Å². The topological polar surface area (TPSA) is 76.0 Å². The summed E-state index contributed by atoms with van der Waals surface area (Å²) in [4.78, 5) is 27.6. The van der Waals surface area contributed by atoms with Crippen molar-refractivity contribution in [1.29, 1.82) is 0 Å². The number of carbonyl (C=O) groups excluding carboxylic acids is 1. The van der Waals surface area contributed by atoms with Crippen molar-refractivity contribution in [2.75, 3.05) is 19.9 Å². The molecular weight excluding hydrogens is 171 g/mol. The van der Waals surface area contributed by atoms with Crippen molar-refractivity contribution in [3.63, 3.8) is 0 Å². The number of rotatable bonds is 4. The Morgan fingerprint density at radius 3 is 2.36 bits per heavy atom. The van der Waals surface area contributed by atoms with E-state index in [2.05, 4.69) is 9.26 Å². The van der Waals surface area contributed by atoms with E-state index in [4.69, 9.17) is 9.79 Å². The fraction of sp³-hybridized carbons (Fsp3) is 0.800. The number of carbonyl (C=O) groups is 1. The molecule has 0 saturated heterocycles. The van der Waals surface area contributed by atoms with Crippen LogP contribution in [-0.2, 0) is 14.1 Å². The van der Waals surface area contributed by atoms with E-state index in [9.17, 15) is 4.79 Å². The molecule has 0 aromatic carbocycles. The molecule has 0 rings (SSSR count). The van der Waals surface area contributed by atoms with E-state index in [1.54, 1.807) is 0 Å². The monoisotopic (exact) mass is 184 g/mol. The van der Waals surface area contributed by atoms with Crippen LogP contribution < -0.4 is 0 Å². The maximum atomic E-state index is 10.2. The van der Waals surface area contributed by atoms with Gasteiger partial charge in [0, 0.05) is 0 Å². The summed E-state index contributed by atoms with van der Waals surface area (Å²) in [5.74, 6) is -0.409. The SMILES string of the molecule is CC(=O)OCCO[PH](C)(O)O. The van der Waals surface area contributed by atoms with Gasteiger partial charge in [0.05, 0.1) is 0 Å². The number of ether oxygens (including phenoxy) is 1. The Kier molecular flexibility index (Phi) is 4.52. The first-order valence-electron chi connectivity index (χ1n) is 3.14. The van der Waals surface area contributed by atoms with E-state index in [0.29, 0.717) is 0 Å². The van der Waals surface area contributed by atoms with E-state index in [-0.39, 0.29) is 13.2 Å². The Morgan fingerprint density at radius 2 is 2.00 bits per heavy atom. The Balaban J connectivity index is 3.22. The first kappa shape index (κ1) is 10.8. The summed E-state index contributed by atoms with van der Waals surface area (Å²) in [7, 11) is -3.42. The van der Waals surface area contributed by atoms with Crippen LogP contribution in [0.5, 0.6) is 0 Å². The summed E-state index contributed by atoms with van der Waals surface area (Å²) in [6, 6.07) is 0. The number of esters is 1. The molecule has 0 saturated carbocycles. The van der Waals surface area contributed by atoms with Crippen molar-refractivity contribution in [2.24, 2.45) is 0 Å². The standard InChI is InChI=1S/C5H13O5P/c1-5(6)9-3-4-10-11(2,7)8/h7-8,11H,3-4H2,1-2H3. The van der Waals surface area contributed by atoms with Crippen LogP contribution in [0, 0.1) is 0 Å². The third-order valence-corrected chi connectivity index (χ3v) is 1.52. The summed E-state index contributed by atoms with van der Waals surface area (Å²) < 4.78 is 9.03. The van der Waals surface area contributed by atoms with Gasteiger partial charge in [-0.3, -0.25) is 0 Å². The fourth-order valence-corrected chi connectivity index (χ4v) is 0.890. The van der Waals surface area contributed by atoms with E-state index in [1.165, 1.54) is 13.6 Å². The van der Waals surface area contributed by atoms with Crippen molar-refractivity contribution in [3.05, 3.63) is 0 Å². The zero-order valence-electron chi connectivity index (χ0n) is 6.53. The van der Waals surface area contributed by atoms with Crippen molar-refractivity contribution < 1.29 is 23.8 Å². The van der Waals surface area contributed by atoms with Crippen LogP contribution in [0.15, 0.2) is 0 Å². The van der Waals surface area contributed by atoms with Crippen LogP contribution in [0.4, 0.5) is 0 Å². The molecule has 0 spiro atoms. The van der Waals surface area contributed by atoms with Gasteiger partial charge in [-0.15, -0.1) is 0 Å². The van der Waals surface area contributed by atoms with Crippen molar-refractivity contribution >= 4 is 13.9 Å². The minimum atomic E-state index is -3.42. The molecule has 6 heteroatoms. The number of hydrogen-bond acceptors (Lipinski definition) is 5. The molecule has 0 aliphatic heterocycles. The van der Waals surface area contributed by atoms with E-state index >= 15 is 0 Å². The molecule has 0 heterocycles. The zero-order chi connectivity index (χ0) is 8.91. The Labute approximate surface area is 65.5 Å². The molecule has 68 valence electrons. The van der Waals surface area contributed by atoms with Gasteiger partial charge < -0.3 is 0 Å². The molecule has 0 aromatic heterocycles. The fourth-order valence-electron chi connectivity index (χ4n) is 0.420.